The van der Waals surface area contributed by atoms with Crippen LogP contribution in [0.1, 0.15) is 52.0 Å². The summed E-state index contributed by atoms with van der Waals surface area (Å²) in [5.74, 6) is 0.646. The minimum atomic E-state index is 0.254. The van der Waals surface area contributed by atoms with E-state index in [-0.39, 0.29) is 5.41 Å². The second kappa shape index (κ2) is 6.79. The van der Waals surface area contributed by atoms with Crippen LogP contribution < -0.4 is 11.1 Å². The monoisotopic (exact) mass is 248 g/mol. The van der Waals surface area contributed by atoms with Crippen molar-refractivity contribution in [2.24, 2.45) is 11.1 Å². The third kappa shape index (κ3) is 4.69. The highest BCUT2D eigenvalue weighted by Crippen LogP contribution is 2.23. The molecule has 0 aliphatic rings. The number of hydrogen-bond donors (Lipinski definition) is 2. The van der Waals surface area contributed by atoms with Crippen molar-refractivity contribution in [3.8, 4) is 0 Å². The van der Waals surface area contributed by atoms with Crippen LogP contribution >= 0.6 is 0 Å². The molecule has 1 aromatic rings. The standard InChI is InChI=1S/C16H28N2/c1-5-13(2)14-6-8-15(9-7-14)18-12-16(3,4)10-11-17/h6-9,13,18H,5,10-12,17H2,1-4H3. The van der Waals surface area contributed by atoms with Gasteiger partial charge in [-0.1, -0.05) is 39.8 Å². The maximum atomic E-state index is 5.62. The highest BCUT2D eigenvalue weighted by Gasteiger charge is 2.16. The zero-order valence-electron chi connectivity index (χ0n) is 12.3. The van der Waals surface area contributed by atoms with Crippen molar-refractivity contribution in [3.05, 3.63) is 29.8 Å². The molecule has 1 aromatic carbocycles. The van der Waals surface area contributed by atoms with E-state index in [1.165, 1.54) is 17.7 Å². The topological polar surface area (TPSA) is 38.0 Å². The van der Waals surface area contributed by atoms with E-state index in [1.807, 2.05) is 0 Å². The second-order valence-electron chi connectivity index (χ2n) is 5.99. The summed E-state index contributed by atoms with van der Waals surface area (Å²) in [7, 11) is 0. The Bertz CT molecular complexity index is 341. The Morgan fingerprint density at radius 1 is 1.22 bits per heavy atom. The van der Waals surface area contributed by atoms with Crippen LogP contribution in [0.3, 0.4) is 0 Å². The van der Waals surface area contributed by atoms with Crippen LogP contribution in [-0.2, 0) is 0 Å². The van der Waals surface area contributed by atoms with Crippen LogP contribution in [0, 0.1) is 5.41 Å². The van der Waals surface area contributed by atoms with Crippen molar-refractivity contribution in [1.82, 2.24) is 0 Å². The van der Waals surface area contributed by atoms with Gasteiger partial charge in [-0.3, -0.25) is 0 Å². The number of nitrogens with one attached hydrogen (secondary N) is 1. The van der Waals surface area contributed by atoms with Crippen molar-refractivity contribution in [2.45, 2.75) is 46.5 Å². The van der Waals surface area contributed by atoms with Gasteiger partial charge in [0.25, 0.3) is 0 Å². The fourth-order valence-electron chi connectivity index (χ4n) is 1.99. The van der Waals surface area contributed by atoms with Crippen LogP contribution in [0.15, 0.2) is 24.3 Å². The van der Waals surface area contributed by atoms with Gasteiger partial charge in [-0.05, 0) is 48.4 Å². The number of nitrogens with two attached hydrogens (primary N) is 1. The van der Waals surface area contributed by atoms with Gasteiger partial charge in [0.2, 0.25) is 0 Å². The van der Waals surface area contributed by atoms with Gasteiger partial charge < -0.3 is 11.1 Å². The smallest absolute Gasteiger partial charge is 0.0340 e. The predicted octanol–water partition coefficient (Wildman–Crippen LogP) is 3.99. The molecule has 2 heteroatoms. The lowest BCUT2D eigenvalue weighted by Gasteiger charge is -2.25. The van der Waals surface area contributed by atoms with E-state index in [4.69, 9.17) is 5.73 Å². The molecule has 1 unspecified atom stereocenters. The first kappa shape index (κ1) is 15.0. The van der Waals surface area contributed by atoms with Crippen molar-refractivity contribution in [2.75, 3.05) is 18.4 Å². The Balaban J connectivity index is 2.54. The quantitative estimate of drug-likeness (QED) is 0.765. The second-order valence-corrected chi connectivity index (χ2v) is 5.99. The maximum Gasteiger partial charge on any atom is 0.0340 e. The fourth-order valence-corrected chi connectivity index (χ4v) is 1.99. The molecule has 0 aliphatic carbocycles. The minimum Gasteiger partial charge on any atom is -0.385 e. The van der Waals surface area contributed by atoms with Gasteiger partial charge in [-0.25, -0.2) is 0 Å². The zero-order valence-corrected chi connectivity index (χ0v) is 12.3. The van der Waals surface area contributed by atoms with Gasteiger partial charge in [0, 0.05) is 12.2 Å². The lowest BCUT2D eigenvalue weighted by atomic mass is 9.89. The Morgan fingerprint density at radius 3 is 2.33 bits per heavy atom. The van der Waals surface area contributed by atoms with E-state index < -0.39 is 0 Å². The van der Waals surface area contributed by atoms with E-state index in [0.717, 1.165) is 19.5 Å². The normalized spacial score (nSPS) is 13.4. The van der Waals surface area contributed by atoms with Crippen molar-refractivity contribution < 1.29 is 0 Å². The van der Waals surface area contributed by atoms with Crippen LogP contribution in [0.2, 0.25) is 0 Å². The molecule has 3 N–H and O–H groups in total. The van der Waals surface area contributed by atoms with Gasteiger partial charge in [-0.2, -0.15) is 0 Å². The van der Waals surface area contributed by atoms with Gasteiger partial charge in [-0.15, -0.1) is 0 Å². The number of anilines is 1. The molecule has 18 heavy (non-hydrogen) atoms. The summed E-state index contributed by atoms with van der Waals surface area (Å²) in [6.45, 7) is 10.7. The van der Waals surface area contributed by atoms with E-state index in [9.17, 15) is 0 Å². The maximum absolute atomic E-state index is 5.62. The number of benzene rings is 1. The molecule has 0 aliphatic heterocycles. The van der Waals surface area contributed by atoms with Crippen LogP contribution in [-0.4, -0.2) is 13.1 Å². The Labute approximate surface area is 112 Å². The largest absolute Gasteiger partial charge is 0.385 e. The molecule has 0 bridgehead atoms. The molecule has 0 amide bonds. The van der Waals surface area contributed by atoms with E-state index in [2.05, 4.69) is 57.3 Å². The van der Waals surface area contributed by atoms with Gasteiger partial charge in [0.05, 0.1) is 0 Å². The Morgan fingerprint density at radius 2 is 1.83 bits per heavy atom. The summed E-state index contributed by atoms with van der Waals surface area (Å²) in [6.07, 6.45) is 2.24. The molecule has 0 spiro atoms. The van der Waals surface area contributed by atoms with Gasteiger partial charge in [0.15, 0.2) is 0 Å². The molecule has 0 radical (unpaired) electrons. The lowest BCUT2D eigenvalue weighted by molar-refractivity contribution is 0.365. The van der Waals surface area contributed by atoms with Crippen molar-refractivity contribution >= 4 is 5.69 Å². The minimum absolute atomic E-state index is 0.254. The first-order valence-corrected chi connectivity index (χ1v) is 7.02. The molecule has 102 valence electrons. The summed E-state index contributed by atoms with van der Waals surface area (Å²) >= 11 is 0. The third-order valence-electron chi connectivity index (χ3n) is 3.68. The predicted molar refractivity (Wildman–Crippen MR) is 81.1 cm³/mol. The summed E-state index contributed by atoms with van der Waals surface area (Å²) in [5.41, 5.74) is 8.50. The highest BCUT2D eigenvalue weighted by atomic mass is 14.9. The Kier molecular flexibility index (Phi) is 5.67. The van der Waals surface area contributed by atoms with Gasteiger partial charge >= 0.3 is 0 Å². The molecule has 1 rings (SSSR count). The third-order valence-corrected chi connectivity index (χ3v) is 3.68. The molecule has 0 fully saturated rings. The molecule has 0 aromatic heterocycles. The van der Waals surface area contributed by atoms with Crippen LogP contribution in [0.4, 0.5) is 5.69 Å². The molecule has 0 saturated carbocycles. The highest BCUT2D eigenvalue weighted by molar-refractivity contribution is 5.45. The van der Waals surface area contributed by atoms with Crippen LogP contribution in [0.5, 0.6) is 0 Å². The fraction of sp³-hybridized carbons (Fsp3) is 0.625. The summed E-state index contributed by atoms with van der Waals surface area (Å²) in [5, 5.41) is 3.50. The molecule has 0 heterocycles. The molecule has 2 nitrogen and oxygen atoms in total. The van der Waals surface area contributed by atoms with E-state index in [0.29, 0.717) is 5.92 Å². The average molecular weight is 248 g/mol. The van der Waals surface area contributed by atoms with E-state index >= 15 is 0 Å². The first-order chi connectivity index (χ1) is 8.48. The first-order valence-electron chi connectivity index (χ1n) is 7.02. The SMILES string of the molecule is CCC(C)c1ccc(NCC(C)(C)CCN)cc1. The lowest BCUT2D eigenvalue weighted by Crippen LogP contribution is -2.26. The summed E-state index contributed by atoms with van der Waals surface area (Å²) in [4.78, 5) is 0. The average Bonchev–Trinajstić information content (AvgIpc) is 2.36. The van der Waals surface area contributed by atoms with Gasteiger partial charge in [0.1, 0.15) is 0 Å². The molecular formula is C16H28N2. The molecular weight excluding hydrogens is 220 g/mol. The van der Waals surface area contributed by atoms with E-state index in [1.54, 1.807) is 0 Å². The van der Waals surface area contributed by atoms with Crippen LogP contribution in [0.25, 0.3) is 0 Å². The van der Waals surface area contributed by atoms with Crippen molar-refractivity contribution in [1.29, 1.82) is 0 Å². The number of rotatable bonds is 7. The zero-order chi connectivity index (χ0) is 13.6. The van der Waals surface area contributed by atoms with Crippen molar-refractivity contribution in [3.63, 3.8) is 0 Å². The molecule has 0 saturated heterocycles. The summed E-state index contributed by atoms with van der Waals surface area (Å²) < 4.78 is 0. The summed E-state index contributed by atoms with van der Waals surface area (Å²) in [6, 6.07) is 8.82. The Hall–Kier alpha value is -1.02. The number of hydrogen-bond acceptors (Lipinski definition) is 2. The molecule has 1 atom stereocenters.